The number of methoxy groups -OCH3 is 1. The molecule has 0 N–H and O–H groups in total. The van der Waals surface area contributed by atoms with Gasteiger partial charge in [-0.15, -0.1) is 0 Å². The average Bonchev–Trinajstić information content (AvgIpc) is 2.77. The van der Waals surface area contributed by atoms with Crippen LogP contribution in [0.25, 0.3) is 10.8 Å². The van der Waals surface area contributed by atoms with Gasteiger partial charge in [-0.25, -0.2) is 0 Å². The van der Waals surface area contributed by atoms with Gasteiger partial charge in [0, 0.05) is 11.3 Å². The minimum atomic E-state index is 0.339. The monoisotopic (exact) mass is 366 g/mol. The highest BCUT2D eigenvalue weighted by Crippen LogP contribution is 2.34. The van der Waals surface area contributed by atoms with Crippen LogP contribution in [0.4, 0.5) is 0 Å². The largest absolute Gasteiger partial charge is 0.496 e. The van der Waals surface area contributed by atoms with E-state index in [2.05, 4.69) is 97.9 Å². The summed E-state index contributed by atoms with van der Waals surface area (Å²) in [6, 6.07) is 32.5. The summed E-state index contributed by atoms with van der Waals surface area (Å²) in [5, 5.41) is 2.49. The number of rotatable bonds is 6. The second kappa shape index (κ2) is 8.31. The van der Waals surface area contributed by atoms with Crippen molar-refractivity contribution in [2.75, 3.05) is 7.11 Å². The normalized spacial score (nSPS) is 12.1. The molecule has 0 fully saturated rings. The van der Waals surface area contributed by atoms with Crippen molar-refractivity contribution in [3.8, 4) is 5.75 Å². The van der Waals surface area contributed by atoms with Crippen LogP contribution in [0, 0.1) is 0 Å². The van der Waals surface area contributed by atoms with Gasteiger partial charge in [-0.2, -0.15) is 0 Å². The Balaban J connectivity index is 1.78. The van der Waals surface area contributed by atoms with Crippen molar-refractivity contribution in [2.24, 2.45) is 0 Å². The lowest BCUT2D eigenvalue weighted by Gasteiger charge is -2.18. The molecular formula is C27H26O. The Morgan fingerprint density at radius 1 is 0.679 bits per heavy atom. The van der Waals surface area contributed by atoms with Gasteiger partial charge in [0.25, 0.3) is 0 Å². The Hall–Kier alpha value is -3.06. The second-order valence-corrected chi connectivity index (χ2v) is 7.35. The highest BCUT2D eigenvalue weighted by atomic mass is 16.5. The van der Waals surface area contributed by atoms with Crippen LogP contribution in [-0.2, 0) is 12.8 Å². The quantitative estimate of drug-likeness (QED) is 0.365. The first-order valence-electron chi connectivity index (χ1n) is 9.94. The molecule has 1 unspecified atom stereocenters. The van der Waals surface area contributed by atoms with Crippen molar-refractivity contribution in [1.29, 1.82) is 0 Å². The fourth-order valence-electron chi connectivity index (χ4n) is 3.95. The second-order valence-electron chi connectivity index (χ2n) is 7.35. The Morgan fingerprint density at radius 2 is 1.39 bits per heavy atom. The van der Waals surface area contributed by atoms with Crippen molar-refractivity contribution in [3.63, 3.8) is 0 Å². The maximum atomic E-state index is 5.69. The lowest BCUT2D eigenvalue weighted by atomic mass is 9.88. The van der Waals surface area contributed by atoms with Gasteiger partial charge >= 0.3 is 0 Å². The molecule has 0 spiro atoms. The van der Waals surface area contributed by atoms with E-state index >= 15 is 0 Å². The highest BCUT2D eigenvalue weighted by Gasteiger charge is 2.14. The van der Waals surface area contributed by atoms with Crippen LogP contribution in [0.1, 0.15) is 35.1 Å². The van der Waals surface area contributed by atoms with E-state index < -0.39 is 0 Å². The van der Waals surface area contributed by atoms with Gasteiger partial charge in [-0.1, -0.05) is 85.8 Å². The number of aryl methyl sites for hydroxylation is 2. The number of hydrogen-bond donors (Lipinski definition) is 0. The zero-order chi connectivity index (χ0) is 19.3. The van der Waals surface area contributed by atoms with E-state index in [1.165, 1.54) is 33.0 Å². The van der Waals surface area contributed by atoms with Crippen LogP contribution >= 0.6 is 0 Å². The minimum Gasteiger partial charge on any atom is -0.496 e. The van der Waals surface area contributed by atoms with Gasteiger partial charge in [0.2, 0.25) is 0 Å². The summed E-state index contributed by atoms with van der Waals surface area (Å²) in [5.41, 5.74) is 5.44. The van der Waals surface area contributed by atoms with E-state index in [-0.39, 0.29) is 0 Å². The van der Waals surface area contributed by atoms with E-state index in [1.54, 1.807) is 7.11 Å². The molecule has 28 heavy (non-hydrogen) atoms. The molecule has 0 heterocycles. The van der Waals surface area contributed by atoms with E-state index in [9.17, 15) is 0 Å². The molecule has 0 amide bonds. The number of ether oxygens (including phenoxy) is 1. The van der Waals surface area contributed by atoms with Gasteiger partial charge in [0.1, 0.15) is 5.75 Å². The smallest absolute Gasteiger partial charge is 0.126 e. The molecule has 4 aromatic carbocycles. The standard InChI is InChI=1S/C27H26O/c1-20(22-12-7-4-8-13-22)24-18-23(17-16-21-10-5-3-6-11-21)25-14-9-15-27(28-2)26(25)19-24/h3-15,18-20H,16-17H2,1-2H3. The van der Waals surface area contributed by atoms with Gasteiger partial charge in [0.05, 0.1) is 7.11 Å². The van der Waals surface area contributed by atoms with Crippen molar-refractivity contribution in [3.05, 3.63) is 113 Å². The fraction of sp³-hybridized carbons (Fsp3) is 0.185. The summed E-state index contributed by atoms with van der Waals surface area (Å²) in [6.45, 7) is 2.28. The van der Waals surface area contributed by atoms with Crippen LogP contribution in [0.15, 0.2) is 91.0 Å². The maximum absolute atomic E-state index is 5.69. The Morgan fingerprint density at radius 3 is 2.11 bits per heavy atom. The van der Waals surface area contributed by atoms with Crippen molar-refractivity contribution < 1.29 is 4.74 Å². The van der Waals surface area contributed by atoms with Gasteiger partial charge < -0.3 is 4.74 Å². The summed E-state index contributed by atoms with van der Waals surface area (Å²) in [4.78, 5) is 0. The van der Waals surface area contributed by atoms with Crippen LogP contribution < -0.4 is 4.74 Å². The minimum absolute atomic E-state index is 0.339. The molecule has 1 heteroatoms. The van der Waals surface area contributed by atoms with Crippen LogP contribution in [0.3, 0.4) is 0 Å². The average molecular weight is 367 g/mol. The first kappa shape index (κ1) is 18.3. The zero-order valence-electron chi connectivity index (χ0n) is 16.6. The van der Waals surface area contributed by atoms with Crippen molar-refractivity contribution >= 4 is 10.8 Å². The van der Waals surface area contributed by atoms with Crippen LogP contribution in [-0.4, -0.2) is 7.11 Å². The lowest BCUT2D eigenvalue weighted by molar-refractivity contribution is 0.420. The first-order chi connectivity index (χ1) is 13.8. The fourth-order valence-corrected chi connectivity index (χ4v) is 3.95. The molecule has 0 aliphatic heterocycles. The number of hydrogen-bond acceptors (Lipinski definition) is 1. The zero-order valence-corrected chi connectivity index (χ0v) is 16.6. The van der Waals surface area contributed by atoms with E-state index in [0.717, 1.165) is 18.6 Å². The molecule has 0 saturated heterocycles. The van der Waals surface area contributed by atoms with Gasteiger partial charge in [-0.05, 0) is 52.6 Å². The highest BCUT2D eigenvalue weighted by molar-refractivity contribution is 5.92. The van der Waals surface area contributed by atoms with E-state index in [4.69, 9.17) is 4.74 Å². The molecule has 1 atom stereocenters. The number of fused-ring (bicyclic) bond motifs is 1. The first-order valence-corrected chi connectivity index (χ1v) is 9.94. The molecule has 0 aliphatic carbocycles. The molecule has 0 bridgehead atoms. The molecule has 4 aromatic rings. The molecule has 0 aromatic heterocycles. The Labute approximate surface area is 167 Å². The molecule has 140 valence electrons. The summed E-state index contributed by atoms with van der Waals surface area (Å²) in [5.74, 6) is 1.28. The Kier molecular flexibility index (Phi) is 5.43. The number of benzene rings is 4. The lowest BCUT2D eigenvalue weighted by Crippen LogP contribution is -2.00. The van der Waals surface area contributed by atoms with Gasteiger partial charge in [0.15, 0.2) is 0 Å². The third-order valence-corrected chi connectivity index (χ3v) is 5.61. The summed E-state index contributed by atoms with van der Waals surface area (Å²) in [6.07, 6.45) is 2.05. The molecule has 0 saturated carbocycles. The summed E-state index contributed by atoms with van der Waals surface area (Å²) in [7, 11) is 1.76. The summed E-state index contributed by atoms with van der Waals surface area (Å²) < 4.78 is 5.69. The predicted octanol–water partition coefficient (Wildman–Crippen LogP) is 6.79. The third kappa shape index (κ3) is 3.80. The Bertz CT molecular complexity index is 1050. The van der Waals surface area contributed by atoms with Gasteiger partial charge in [-0.3, -0.25) is 0 Å². The van der Waals surface area contributed by atoms with Crippen LogP contribution in [0.2, 0.25) is 0 Å². The molecular weight excluding hydrogens is 340 g/mol. The maximum Gasteiger partial charge on any atom is 0.126 e. The molecule has 1 nitrogen and oxygen atoms in total. The molecule has 4 rings (SSSR count). The third-order valence-electron chi connectivity index (χ3n) is 5.61. The summed E-state index contributed by atoms with van der Waals surface area (Å²) >= 11 is 0. The van der Waals surface area contributed by atoms with Crippen molar-refractivity contribution in [2.45, 2.75) is 25.7 Å². The van der Waals surface area contributed by atoms with E-state index in [1.807, 2.05) is 0 Å². The SMILES string of the molecule is COc1cccc2c(CCc3ccccc3)cc(C(C)c3ccccc3)cc12. The molecule has 0 radical (unpaired) electrons. The molecule has 0 aliphatic rings. The van der Waals surface area contributed by atoms with Crippen LogP contribution in [0.5, 0.6) is 5.75 Å². The topological polar surface area (TPSA) is 9.23 Å². The predicted molar refractivity (Wildman–Crippen MR) is 118 cm³/mol. The van der Waals surface area contributed by atoms with E-state index in [0.29, 0.717) is 5.92 Å². The van der Waals surface area contributed by atoms with Crippen molar-refractivity contribution in [1.82, 2.24) is 0 Å².